The van der Waals surface area contributed by atoms with Crippen molar-refractivity contribution in [1.82, 2.24) is 0 Å². The molecule has 4 heteroatoms. The van der Waals surface area contributed by atoms with Crippen molar-refractivity contribution >= 4 is 5.69 Å². The predicted octanol–water partition coefficient (Wildman–Crippen LogP) is 3.63. The molecule has 0 aliphatic heterocycles. The van der Waals surface area contributed by atoms with Crippen LogP contribution >= 0.6 is 0 Å². The number of anilines is 1. The van der Waals surface area contributed by atoms with Gasteiger partial charge in [-0.3, -0.25) is 0 Å². The Bertz CT molecular complexity index is 611. The predicted molar refractivity (Wildman–Crippen MR) is 84.6 cm³/mol. The highest BCUT2D eigenvalue weighted by molar-refractivity contribution is 5.57. The number of benzene rings is 2. The maximum absolute atomic E-state index is 5.48. The number of rotatable bonds is 6. The SMILES string of the molecule is COc1ccc(CNc2ccccc2C)c(OC)c1OC. The van der Waals surface area contributed by atoms with Crippen LogP contribution in [0.5, 0.6) is 17.2 Å². The van der Waals surface area contributed by atoms with E-state index in [0.717, 1.165) is 11.3 Å². The molecule has 0 unspecified atom stereocenters. The lowest BCUT2D eigenvalue weighted by atomic mass is 10.1. The Hall–Kier alpha value is -2.36. The van der Waals surface area contributed by atoms with Crippen molar-refractivity contribution in [3.63, 3.8) is 0 Å². The summed E-state index contributed by atoms with van der Waals surface area (Å²) < 4.78 is 16.2. The third-order valence-corrected chi connectivity index (χ3v) is 3.40. The van der Waals surface area contributed by atoms with Crippen molar-refractivity contribution in [2.24, 2.45) is 0 Å². The molecule has 2 rings (SSSR count). The second-order valence-corrected chi connectivity index (χ2v) is 4.66. The normalized spacial score (nSPS) is 10.1. The lowest BCUT2D eigenvalue weighted by Crippen LogP contribution is -2.04. The average molecular weight is 287 g/mol. The Labute approximate surface area is 125 Å². The van der Waals surface area contributed by atoms with Gasteiger partial charge < -0.3 is 19.5 Å². The molecule has 2 aromatic carbocycles. The van der Waals surface area contributed by atoms with Gasteiger partial charge in [0.1, 0.15) is 0 Å². The minimum absolute atomic E-state index is 0.615. The first-order valence-electron chi connectivity index (χ1n) is 6.78. The van der Waals surface area contributed by atoms with E-state index in [9.17, 15) is 0 Å². The standard InChI is InChI=1S/C17H21NO3/c1-12-7-5-6-8-14(12)18-11-13-9-10-15(19-2)17(21-4)16(13)20-3/h5-10,18H,11H2,1-4H3. The van der Waals surface area contributed by atoms with Crippen LogP contribution in [0.25, 0.3) is 0 Å². The van der Waals surface area contributed by atoms with E-state index in [2.05, 4.69) is 24.4 Å². The number of ether oxygens (including phenoxy) is 3. The van der Waals surface area contributed by atoms with Crippen LogP contribution in [0.2, 0.25) is 0 Å². The Morgan fingerprint density at radius 1 is 0.857 bits per heavy atom. The number of methoxy groups -OCH3 is 3. The summed E-state index contributed by atoms with van der Waals surface area (Å²) >= 11 is 0. The van der Waals surface area contributed by atoms with E-state index in [1.54, 1.807) is 21.3 Å². The molecular weight excluding hydrogens is 266 g/mol. The van der Waals surface area contributed by atoms with Gasteiger partial charge in [0, 0.05) is 17.8 Å². The molecule has 0 spiro atoms. The summed E-state index contributed by atoms with van der Waals surface area (Å²) in [5.41, 5.74) is 3.32. The van der Waals surface area contributed by atoms with Crippen molar-refractivity contribution in [2.45, 2.75) is 13.5 Å². The topological polar surface area (TPSA) is 39.7 Å². The highest BCUT2D eigenvalue weighted by Crippen LogP contribution is 2.39. The number of para-hydroxylation sites is 1. The van der Waals surface area contributed by atoms with Crippen LogP contribution < -0.4 is 19.5 Å². The van der Waals surface area contributed by atoms with Gasteiger partial charge in [-0.15, -0.1) is 0 Å². The summed E-state index contributed by atoms with van der Waals surface area (Å²) in [6.45, 7) is 2.72. The molecule has 0 bridgehead atoms. The molecule has 0 radical (unpaired) electrons. The number of hydrogen-bond acceptors (Lipinski definition) is 4. The van der Waals surface area contributed by atoms with E-state index in [1.807, 2.05) is 24.3 Å². The highest BCUT2D eigenvalue weighted by Gasteiger charge is 2.15. The fraction of sp³-hybridized carbons (Fsp3) is 0.294. The average Bonchev–Trinajstić information content (AvgIpc) is 2.52. The summed E-state index contributed by atoms with van der Waals surface area (Å²) in [7, 11) is 4.86. The maximum Gasteiger partial charge on any atom is 0.203 e. The van der Waals surface area contributed by atoms with E-state index in [0.29, 0.717) is 23.8 Å². The fourth-order valence-corrected chi connectivity index (χ4v) is 2.26. The van der Waals surface area contributed by atoms with E-state index in [4.69, 9.17) is 14.2 Å². The molecule has 0 aliphatic carbocycles. The van der Waals surface area contributed by atoms with Crippen LogP contribution in [0, 0.1) is 6.92 Å². The largest absolute Gasteiger partial charge is 0.493 e. The molecule has 0 fully saturated rings. The first kappa shape index (κ1) is 15.0. The fourth-order valence-electron chi connectivity index (χ4n) is 2.26. The van der Waals surface area contributed by atoms with Gasteiger partial charge in [0.25, 0.3) is 0 Å². The summed E-state index contributed by atoms with van der Waals surface area (Å²) in [6.07, 6.45) is 0. The third kappa shape index (κ3) is 3.21. The Morgan fingerprint density at radius 2 is 1.57 bits per heavy atom. The first-order valence-corrected chi connectivity index (χ1v) is 6.78. The van der Waals surface area contributed by atoms with Gasteiger partial charge in [-0.05, 0) is 30.7 Å². The first-order chi connectivity index (χ1) is 10.2. The van der Waals surface area contributed by atoms with Crippen LogP contribution in [0.4, 0.5) is 5.69 Å². The van der Waals surface area contributed by atoms with E-state index < -0.39 is 0 Å². The minimum Gasteiger partial charge on any atom is -0.493 e. The highest BCUT2D eigenvalue weighted by atomic mass is 16.5. The van der Waals surface area contributed by atoms with Gasteiger partial charge in [0.2, 0.25) is 5.75 Å². The van der Waals surface area contributed by atoms with E-state index >= 15 is 0 Å². The summed E-state index contributed by atoms with van der Waals surface area (Å²) in [4.78, 5) is 0. The van der Waals surface area contributed by atoms with Crippen molar-refractivity contribution in [3.8, 4) is 17.2 Å². The van der Waals surface area contributed by atoms with Crippen LogP contribution in [-0.2, 0) is 6.54 Å². The lowest BCUT2D eigenvalue weighted by molar-refractivity contribution is 0.322. The number of nitrogens with one attached hydrogen (secondary N) is 1. The molecule has 21 heavy (non-hydrogen) atoms. The zero-order chi connectivity index (χ0) is 15.2. The monoisotopic (exact) mass is 287 g/mol. The van der Waals surface area contributed by atoms with Crippen molar-refractivity contribution < 1.29 is 14.2 Å². The van der Waals surface area contributed by atoms with Crippen molar-refractivity contribution in [2.75, 3.05) is 26.6 Å². The molecule has 0 saturated heterocycles. The Kier molecular flexibility index (Phi) is 4.93. The van der Waals surface area contributed by atoms with Gasteiger partial charge in [-0.1, -0.05) is 18.2 Å². The zero-order valence-corrected chi connectivity index (χ0v) is 12.9. The maximum atomic E-state index is 5.48. The molecular formula is C17H21NO3. The zero-order valence-electron chi connectivity index (χ0n) is 12.9. The lowest BCUT2D eigenvalue weighted by Gasteiger charge is -2.17. The number of aryl methyl sites for hydroxylation is 1. The molecule has 1 N–H and O–H groups in total. The van der Waals surface area contributed by atoms with Gasteiger partial charge in [-0.25, -0.2) is 0 Å². The smallest absolute Gasteiger partial charge is 0.203 e. The van der Waals surface area contributed by atoms with Crippen molar-refractivity contribution in [1.29, 1.82) is 0 Å². The van der Waals surface area contributed by atoms with Gasteiger partial charge in [0.05, 0.1) is 21.3 Å². The summed E-state index contributed by atoms with van der Waals surface area (Å²) in [6, 6.07) is 12.0. The summed E-state index contributed by atoms with van der Waals surface area (Å²) in [5.74, 6) is 1.97. The Balaban J connectivity index is 2.26. The second kappa shape index (κ2) is 6.88. The van der Waals surface area contributed by atoms with E-state index in [-0.39, 0.29) is 0 Å². The molecule has 0 heterocycles. The molecule has 0 aliphatic rings. The molecule has 2 aromatic rings. The van der Waals surface area contributed by atoms with Gasteiger partial charge in [-0.2, -0.15) is 0 Å². The van der Waals surface area contributed by atoms with Gasteiger partial charge in [0.15, 0.2) is 11.5 Å². The minimum atomic E-state index is 0.615. The molecule has 112 valence electrons. The van der Waals surface area contributed by atoms with Crippen LogP contribution in [-0.4, -0.2) is 21.3 Å². The van der Waals surface area contributed by atoms with Crippen LogP contribution in [0.1, 0.15) is 11.1 Å². The molecule has 0 amide bonds. The quantitative estimate of drug-likeness (QED) is 0.880. The molecule has 0 saturated carbocycles. The van der Waals surface area contributed by atoms with Gasteiger partial charge >= 0.3 is 0 Å². The second-order valence-electron chi connectivity index (χ2n) is 4.66. The van der Waals surface area contributed by atoms with Crippen LogP contribution in [0.15, 0.2) is 36.4 Å². The Morgan fingerprint density at radius 3 is 2.19 bits per heavy atom. The summed E-state index contributed by atoms with van der Waals surface area (Å²) in [5, 5.41) is 3.42. The number of hydrogen-bond donors (Lipinski definition) is 1. The third-order valence-electron chi connectivity index (χ3n) is 3.40. The van der Waals surface area contributed by atoms with E-state index in [1.165, 1.54) is 5.56 Å². The molecule has 4 nitrogen and oxygen atoms in total. The van der Waals surface area contributed by atoms with Crippen LogP contribution in [0.3, 0.4) is 0 Å². The molecule has 0 atom stereocenters. The van der Waals surface area contributed by atoms with Crippen molar-refractivity contribution in [3.05, 3.63) is 47.5 Å². The molecule has 0 aromatic heterocycles.